The maximum Gasteiger partial charge on any atom is 0.167 e. The Morgan fingerprint density at radius 3 is 2.67 bits per heavy atom. The van der Waals surface area contributed by atoms with Crippen LogP contribution in [0.5, 0.6) is 0 Å². The molecule has 0 amide bonds. The van der Waals surface area contributed by atoms with E-state index in [-0.39, 0.29) is 6.04 Å². The largest absolute Gasteiger partial charge is 0.307 e. The Bertz CT molecular complexity index is 386. The minimum absolute atomic E-state index is 0.208. The molecule has 2 rings (SSSR count). The van der Waals surface area contributed by atoms with Gasteiger partial charge in [0, 0.05) is 4.75 Å². The molecule has 0 radical (unpaired) electrons. The summed E-state index contributed by atoms with van der Waals surface area (Å²) < 4.78 is 2.36. The molecule has 1 heterocycles. The highest BCUT2D eigenvalue weighted by Gasteiger charge is 2.43. The summed E-state index contributed by atoms with van der Waals surface area (Å²) in [6, 6.07) is 0.208. The molecule has 0 aromatic carbocycles. The van der Waals surface area contributed by atoms with Crippen LogP contribution in [0.1, 0.15) is 45.5 Å². The molecule has 1 aromatic heterocycles. The summed E-state index contributed by atoms with van der Waals surface area (Å²) in [4.78, 5) is 0. The highest BCUT2D eigenvalue weighted by Crippen LogP contribution is 2.48. The Labute approximate surface area is 113 Å². The van der Waals surface area contributed by atoms with Crippen molar-refractivity contribution >= 4 is 11.8 Å². The minimum atomic E-state index is 0.208. The molecule has 1 unspecified atom stereocenters. The maximum absolute atomic E-state index is 4.17. The molecule has 0 spiro atoms. The van der Waals surface area contributed by atoms with Crippen molar-refractivity contribution < 1.29 is 0 Å². The van der Waals surface area contributed by atoms with Gasteiger partial charge in [-0.3, -0.25) is 0 Å². The zero-order valence-corrected chi connectivity index (χ0v) is 12.5. The third kappa shape index (κ3) is 3.23. The molecule has 1 aliphatic rings. The van der Waals surface area contributed by atoms with Gasteiger partial charge < -0.3 is 5.32 Å². The van der Waals surface area contributed by atoms with E-state index in [4.69, 9.17) is 0 Å². The van der Waals surface area contributed by atoms with Crippen LogP contribution in [0.2, 0.25) is 0 Å². The zero-order chi connectivity index (χ0) is 13.2. The van der Waals surface area contributed by atoms with Crippen molar-refractivity contribution in [3.63, 3.8) is 0 Å². The number of tetrazole rings is 1. The summed E-state index contributed by atoms with van der Waals surface area (Å²) in [5.41, 5.74) is 0. The van der Waals surface area contributed by atoms with Crippen LogP contribution in [0.25, 0.3) is 0 Å². The summed E-state index contributed by atoms with van der Waals surface area (Å²) in [5.74, 6) is 1.59. The first kappa shape index (κ1) is 13.8. The third-order valence-corrected chi connectivity index (χ3v) is 4.86. The van der Waals surface area contributed by atoms with E-state index < -0.39 is 0 Å². The lowest BCUT2D eigenvalue weighted by Crippen LogP contribution is -2.27. The molecular weight excluding hydrogens is 246 g/mol. The van der Waals surface area contributed by atoms with E-state index in [0.717, 1.165) is 18.9 Å². The second kappa shape index (κ2) is 5.57. The fourth-order valence-electron chi connectivity index (χ4n) is 1.98. The first-order chi connectivity index (χ1) is 8.56. The van der Waals surface area contributed by atoms with Gasteiger partial charge in [0.25, 0.3) is 0 Å². The average Bonchev–Trinajstić information content (AvgIpc) is 2.96. The standard InChI is InChI=1S/C12H23N5S/c1-9(2)7-13-10(3)11-14-15-16-17(11)8-12(18-4)5-6-12/h9-10,13H,5-8H2,1-4H3. The number of nitrogens with one attached hydrogen (secondary N) is 1. The molecule has 1 fully saturated rings. The third-order valence-electron chi connectivity index (χ3n) is 3.46. The Hall–Kier alpha value is -0.620. The van der Waals surface area contributed by atoms with Gasteiger partial charge in [-0.05, 0) is 48.9 Å². The van der Waals surface area contributed by atoms with E-state index in [0.29, 0.717) is 10.7 Å². The van der Waals surface area contributed by atoms with E-state index in [9.17, 15) is 0 Å². The summed E-state index contributed by atoms with van der Waals surface area (Å²) >= 11 is 1.94. The molecule has 1 aromatic rings. The predicted octanol–water partition coefficient (Wildman–Crippen LogP) is 1.88. The van der Waals surface area contributed by atoms with Gasteiger partial charge in [0.1, 0.15) is 0 Å². The minimum Gasteiger partial charge on any atom is -0.307 e. The molecule has 18 heavy (non-hydrogen) atoms. The first-order valence-electron chi connectivity index (χ1n) is 6.61. The fraction of sp³-hybridized carbons (Fsp3) is 0.917. The number of hydrogen-bond acceptors (Lipinski definition) is 5. The van der Waals surface area contributed by atoms with Crippen molar-refractivity contribution in [2.75, 3.05) is 12.8 Å². The van der Waals surface area contributed by atoms with Crippen molar-refractivity contribution in [1.82, 2.24) is 25.5 Å². The van der Waals surface area contributed by atoms with Gasteiger partial charge >= 0.3 is 0 Å². The van der Waals surface area contributed by atoms with Gasteiger partial charge in [0.05, 0.1) is 12.6 Å². The maximum atomic E-state index is 4.17. The topological polar surface area (TPSA) is 55.6 Å². The van der Waals surface area contributed by atoms with Crippen molar-refractivity contribution in [2.45, 2.75) is 50.9 Å². The quantitative estimate of drug-likeness (QED) is 0.819. The molecule has 0 bridgehead atoms. The lowest BCUT2D eigenvalue weighted by atomic mass is 10.2. The molecule has 102 valence electrons. The molecule has 1 N–H and O–H groups in total. The monoisotopic (exact) mass is 269 g/mol. The van der Waals surface area contributed by atoms with Crippen LogP contribution in [0, 0.1) is 5.92 Å². The summed E-state index contributed by atoms with van der Waals surface area (Å²) in [5, 5.41) is 15.6. The van der Waals surface area contributed by atoms with Crippen molar-refractivity contribution in [1.29, 1.82) is 0 Å². The fourth-order valence-corrected chi connectivity index (χ4v) is 2.74. The highest BCUT2D eigenvalue weighted by molar-refractivity contribution is 8.00. The molecule has 0 saturated heterocycles. The van der Waals surface area contributed by atoms with Gasteiger partial charge in [0.2, 0.25) is 0 Å². The Kier molecular flexibility index (Phi) is 4.27. The first-order valence-corrected chi connectivity index (χ1v) is 7.83. The summed E-state index contributed by atoms with van der Waals surface area (Å²) in [7, 11) is 0. The van der Waals surface area contributed by atoms with Crippen molar-refractivity contribution in [3.8, 4) is 0 Å². The summed E-state index contributed by atoms with van der Waals surface area (Å²) in [6.45, 7) is 8.46. The van der Waals surface area contributed by atoms with E-state index in [1.807, 2.05) is 16.4 Å². The Morgan fingerprint density at radius 1 is 1.39 bits per heavy atom. The number of hydrogen-bond donors (Lipinski definition) is 1. The summed E-state index contributed by atoms with van der Waals surface area (Å²) in [6.07, 6.45) is 4.74. The van der Waals surface area contributed by atoms with Crippen LogP contribution in [0.4, 0.5) is 0 Å². The van der Waals surface area contributed by atoms with Gasteiger partial charge in [-0.1, -0.05) is 13.8 Å². The van der Waals surface area contributed by atoms with E-state index >= 15 is 0 Å². The molecule has 0 aliphatic heterocycles. The van der Waals surface area contributed by atoms with Crippen molar-refractivity contribution in [3.05, 3.63) is 5.82 Å². The van der Waals surface area contributed by atoms with Crippen LogP contribution in [0.15, 0.2) is 0 Å². The van der Waals surface area contributed by atoms with Crippen LogP contribution in [0.3, 0.4) is 0 Å². The van der Waals surface area contributed by atoms with Crippen LogP contribution in [-0.4, -0.2) is 37.8 Å². The Balaban J connectivity index is 1.98. The number of nitrogens with zero attached hydrogens (tertiary/aromatic N) is 4. The zero-order valence-electron chi connectivity index (χ0n) is 11.7. The Morgan fingerprint density at radius 2 is 2.11 bits per heavy atom. The molecule has 1 aliphatic carbocycles. The molecule has 6 heteroatoms. The smallest absolute Gasteiger partial charge is 0.167 e. The molecular formula is C12H23N5S. The lowest BCUT2D eigenvalue weighted by molar-refractivity contribution is 0.449. The van der Waals surface area contributed by atoms with E-state index in [1.54, 1.807) is 0 Å². The average molecular weight is 269 g/mol. The lowest BCUT2D eigenvalue weighted by Gasteiger charge is -2.17. The number of aromatic nitrogens is 4. The molecule has 1 saturated carbocycles. The second-order valence-corrected chi connectivity index (χ2v) is 6.88. The normalized spacial score (nSPS) is 19.2. The predicted molar refractivity (Wildman–Crippen MR) is 74.6 cm³/mol. The second-order valence-electron chi connectivity index (χ2n) is 5.61. The van der Waals surface area contributed by atoms with Crippen LogP contribution < -0.4 is 5.32 Å². The van der Waals surface area contributed by atoms with E-state index in [1.165, 1.54) is 12.8 Å². The van der Waals surface area contributed by atoms with Gasteiger partial charge in [-0.2, -0.15) is 11.8 Å². The number of thioether (sulfide) groups is 1. The number of rotatable bonds is 7. The van der Waals surface area contributed by atoms with Gasteiger partial charge in [0.15, 0.2) is 5.82 Å². The van der Waals surface area contributed by atoms with E-state index in [2.05, 4.69) is 47.9 Å². The van der Waals surface area contributed by atoms with Crippen LogP contribution >= 0.6 is 11.8 Å². The highest BCUT2D eigenvalue weighted by atomic mass is 32.2. The van der Waals surface area contributed by atoms with Gasteiger partial charge in [-0.15, -0.1) is 5.10 Å². The molecule has 5 nitrogen and oxygen atoms in total. The van der Waals surface area contributed by atoms with Gasteiger partial charge in [-0.25, -0.2) is 4.68 Å². The SMILES string of the molecule is CSC1(Cn2nnnc2C(C)NCC(C)C)CC1. The van der Waals surface area contributed by atoms with Crippen LogP contribution in [-0.2, 0) is 6.54 Å². The van der Waals surface area contributed by atoms with Crippen molar-refractivity contribution in [2.24, 2.45) is 5.92 Å². The molecule has 1 atom stereocenters.